The second-order valence-electron chi connectivity index (χ2n) is 3.92. The van der Waals surface area contributed by atoms with E-state index < -0.39 is 4.92 Å². The van der Waals surface area contributed by atoms with Crippen LogP contribution >= 0.6 is 0 Å². The summed E-state index contributed by atoms with van der Waals surface area (Å²) in [5, 5.41) is 29.1. The van der Waals surface area contributed by atoms with E-state index in [1.807, 2.05) is 6.07 Å². The minimum atomic E-state index is -0.549. The molecule has 0 bridgehead atoms. The molecule has 0 atom stereocenters. The molecule has 20 heavy (non-hydrogen) atoms. The van der Waals surface area contributed by atoms with Gasteiger partial charge in [-0.25, -0.2) is 0 Å². The number of nitrogens with zero attached hydrogens (tertiary/aromatic N) is 3. The maximum Gasteiger partial charge on any atom is 0.270 e. The van der Waals surface area contributed by atoms with Crippen LogP contribution in [0.5, 0.6) is 5.75 Å². The molecule has 0 fully saturated rings. The van der Waals surface area contributed by atoms with E-state index in [0.717, 1.165) is 0 Å². The first-order valence-corrected chi connectivity index (χ1v) is 5.62. The van der Waals surface area contributed by atoms with Crippen LogP contribution in [0.4, 0.5) is 11.4 Å². The van der Waals surface area contributed by atoms with Gasteiger partial charge in [0, 0.05) is 23.9 Å². The molecule has 0 heterocycles. The average Bonchev–Trinajstić information content (AvgIpc) is 2.46. The van der Waals surface area contributed by atoms with Crippen molar-refractivity contribution >= 4 is 17.6 Å². The molecule has 2 aromatic carbocycles. The molecule has 98 valence electrons. The molecule has 0 aromatic heterocycles. The number of nitro benzene ring substituents is 1. The fourth-order valence-electron chi connectivity index (χ4n) is 1.56. The lowest BCUT2D eigenvalue weighted by Crippen LogP contribution is -1.90. The predicted octanol–water partition coefficient (Wildman–Crippen LogP) is 2.92. The number of hydrogen-bond acceptors (Lipinski definition) is 5. The first-order valence-electron chi connectivity index (χ1n) is 5.62. The number of aliphatic imine (C=N–C) groups is 1. The third-order valence-corrected chi connectivity index (χ3v) is 2.55. The van der Waals surface area contributed by atoms with Gasteiger partial charge in [0.2, 0.25) is 0 Å². The molecule has 0 aliphatic heterocycles. The SMILES string of the molecule is N#Cc1cccc(/N=C/c2cc([N+](=O)[O-])ccc2O)c1. The van der Waals surface area contributed by atoms with Gasteiger partial charge >= 0.3 is 0 Å². The van der Waals surface area contributed by atoms with E-state index in [-0.39, 0.29) is 17.0 Å². The molecule has 0 amide bonds. The van der Waals surface area contributed by atoms with Gasteiger partial charge < -0.3 is 5.11 Å². The van der Waals surface area contributed by atoms with E-state index in [2.05, 4.69) is 4.99 Å². The highest BCUT2D eigenvalue weighted by Crippen LogP contribution is 2.22. The van der Waals surface area contributed by atoms with Crippen LogP contribution in [0.15, 0.2) is 47.5 Å². The summed E-state index contributed by atoms with van der Waals surface area (Å²) >= 11 is 0. The molecule has 0 saturated carbocycles. The fourth-order valence-corrected chi connectivity index (χ4v) is 1.56. The Labute approximate surface area is 114 Å². The molecule has 0 radical (unpaired) electrons. The highest BCUT2D eigenvalue weighted by Gasteiger charge is 2.08. The number of benzene rings is 2. The molecule has 2 rings (SSSR count). The molecule has 0 unspecified atom stereocenters. The Morgan fingerprint density at radius 3 is 2.80 bits per heavy atom. The minimum absolute atomic E-state index is 0.101. The highest BCUT2D eigenvalue weighted by atomic mass is 16.6. The lowest BCUT2D eigenvalue weighted by Gasteiger charge is -1.99. The summed E-state index contributed by atoms with van der Waals surface area (Å²) in [5.41, 5.74) is 1.09. The van der Waals surface area contributed by atoms with Gasteiger partial charge in [-0.05, 0) is 24.3 Å². The van der Waals surface area contributed by atoms with Crippen LogP contribution in [-0.2, 0) is 0 Å². The molecule has 0 aliphatic rings. The van der Waals surface area contributed by atoms with Crippen LogP contribution in [0.25, 0.3) is 0 Å². The Kier molecular flexibility index (Phi) is 3.72. The van der Waals surface area contributed by atoms with Crippen LogP contribution in [-0.4, -0.2) is 16.2 Å². The Morgan fingerprint density at radius 2 is 2.10 bits per heavy atom. The molecular weight excluding hydrogens is 258 g/mol. The molecule has 1 N–H and O–H groups in total. The van der Waals surface area contributed by atoms with Gasteiger partial charge in [-0.2, -0.15) is 5.26 Å². The first kappa shape index (κ1) is 13.2. The number of non-ortho nitro benzene ring substituents is 1. The van der Waals surface area contributed by atoms with E-state index in [1.54, 1.807) is 24.3 Å². The Morgan fingerprint density at radius 1 is 1.30 bits per heavy atom. The van der Waals surface area contributed by atoms with Crippen LogP contribution in [0.1, 0.15) is 11.1 Å². The summed E-state index contributed by atoms with van der Waals surface area (Å²) < 4.78 is 0. The van der Waals surface area contributed by atoms with Crippen molar-refractivity contribution in [2.24, 2.45) is 4.99 Å². The summed E-state index contributed by atoms with van der Waals surface area (Å²) in [6.07, 6.45) is 1.32. The largest absolute Gasteiger partial charge is 0.507 e. The maximum atomic E-state index is 10.7. The molecule has 0 saturated heterocycles. The van der Waals surface area contributed by atoms with Gasteiger partial charge in [0.1, 0.15) is 5.75 Å². The number of nitro groups is 1. The van der Waals surface area contributed by atoms with E-state index in [4.69, 9.17) is 5.26 Å². The third kappa shape index (κ3) is 2.97. The minimum Gasteiger partial charge on any atom is -0.507 e. The van der Waals surface area contributed by atoms with E-state index in [0.29, 0.717) is 11.3 Å². The molecule has 2 aromatic rings. The standard InChI is InChI=1S/C14H9N3O3/c15-8-10-2-1-3-12(6-10)16-9-11-7-13(17(19)20)4-5-14(11)18/h1-7,9,18H/b16-9+. The Balaban J connectivity index is 2.33. The lowest BCUT2D eigenvalue weighted by atomic mass is 10.2. The first-order chi connectivity index (χ1) is 9.60. The second kappa shape index (κ2) is 5.63. The van der Waals surface area contributed by atoms with E-state index in [9.17, 15) is 15.2 Å². The smallest absolute Gasteiger partial charge is 0.270 e. The Bertz CT molecular complexity index is 733. The molecule has 0 aliphatic carbocycles. The highest BCUT2D eigenvalue weighted by molar-refractivity contribution is 5.86. The fraction of sp³-hybridized carbons (Fsp3) is 0. The van der Waals surface area contributed by atoms with Gasteiger partial charge in [0.15, 0.2) is 0 Å². The van der Waals surface area contributed by atoms with Crippen molar-refractivity contribution in [2.45, 2.75) is 0 Å². The summed E-state index contributed by atoms with van der Waals surface area (Å²) in [6.45, 7) is 0. The van der Waals surface area contributed by atoms with Gasteiger partial charge in [0.25, 0.3) is 5.69 Å². The van der Waals surface area contributed by atoms with Crippen LogP contribution in [0.2, 0.25) is 0 Å². The van der Waals surface area contributed by atoms with Crippen molar-refractivity contribution in [1.29, 1.82) is 5.26 Å². The van der Waals surface area contributed by atoms with Crippen molar-refractivity contribution < 1.29 is 10.0 Å². The maximum absolute atomic E-state index is 10.7. The molecule has 6 nitrogen and oxygen atoms in total. The number of nitriles is 1. The van der Waals surface area contributed by atoms with Crippen LogP contribution < -0.4 is 0 Å². The lowest BCUT2D eigenvalue weighted by molar-refractivity contribution is -0.384. The normalized spacial score (nSPS) is 10.3. The summed E-state index contributed by atoms with van der Waals surface area (Å²) in [4.78, 5) is 14.2. The number of phenols is 1. The quantitative estimate of drug-likeness (QED) is 0.525. The summed E-state index contributed by atoms with van der Waals surface area (Å²) in [6, 6.07) is 12.3. The monoisotopic (exact) mass is 267 g/mol. The van der Waals surface area contributed by atoms with E-state index >= 15 is 0 Å². The van der Waals surface area contributed by atoms with Gasteiger partial charge in [0.05, 0.1) is 22.2 Å². The van der Waals surface area contributed by atoms with Crippen molar-refractivity contribution in [2.75, 3.05) is 0 Å². The zero-order valence-corrected chi connectivity index (χ0v) is 10.2. The average molecular weight is 267 g/mol. The summed E-state index contributed by atoms with van der Waals surface area (Å²) in [7, 11) is 0. The van der Waals surface area contributed by atoms with Crippen molar-refractivity contribution in [3.05, 3.63) is 63.7 Å². The second-order valence-corrected chi connectivity index (χ2v) is 3.92. The third-order valence-electron chi connectivity index (χ3n) is 2.55. The zero-order valence-electron chi connectivity index (χ0n) is 10.2. The number of hydrogen-bond donors (Lipinski definition) is 1. The molecular formula is C14H9N3O3. The molecule has 0 spiro atoms. The van der Waals surface area contributed by atoms with Gasteiger partial charge in [-0.3, -0.25) is 15.1 Å². The number of aromatic hydroxyl groups is 1. The Hall–Kier alpha value is -3.20. The van der Waals surface area contributed by atoms with Crippen molar-refractivity contribution in [3.63, 3.8) is 0 Å². The number of phenolic OH excluding ortho intramolecular Hbond substituents is 1. The van der Waals surface area contributed by atoms with Crippen LogP contribution in [0.3, 0.4) is 0 Å². The topological polar surface area (TPSA) is 99.5 Å². The molecule has 6 heteroatoms. The predicted molar refractivity (Wildman–Crippen MR) is 73.2 cm³/mol. The summed E-state index contributed by atoms with van der Waals surface area (Å²) in [5.74, 6) is -0.101. The van der Waals surface area contributed by atoms with Crippen LogP contribution in [0, 0.1) is 21.4 Å². The zero-order chi connectivity index (χ0) is 14.5. The van der Waals surface area contributed by atoms with Crippen molar-refractivity contribution in [1.82, 2.24) is 0 Å². The number of rotatable bonds is 3. The van der Waals surface area contributed by atoms with Gasteiger partial charge in [-0.1, -0.05) is 6.07 Å². The van der Waals surface area contributed by atoms with E-state index in [1.165, 1.54) is 24.4 Å². The van der Waals surface area contributed by atoms with Gasteiger partial charge in [-0.15, -0.1) is 0 Å². The van der Waals surface area contributed by atoms with Crippen molar-refractivity contribution in [3.8, 4) is 11.8 Å².